The Labute approximate surface area is 147 Å². The average Bonchev–Trinajstić information content (AvgIpc) is 3.30. The van der Waals surface area contributed by atoms with Gasteiger partial charge in [0.2, 0.25) is 10.0 Å². The Hall–Kier alpha value is -2.18. The lowest BCUT2D eigenvalue weighted by Crippen LogP contribution is -2.14. The van der Waals surface area contributed by atoms with Gasteiger partial charge in [-0.3, -0.25) is 4.79 Å². The zero-order chi connectivity index (χ0) is 17.8. The number of hydrogen-bond donors (Lipinski definition) is 0. The highest BCUT2D eigenvalue weighted by Crippen LogP contribution is 2.53. The van der Waals surface area contributed by atoms with E-state index < -0.39 is 10.0 Å². The highest BCUT2D eigenvalue weighted by atomic mass is 32.2. The first kappa shape index (κ1) is 16.3. The maximum atomic E-state index is 13.0. The van der Waals surface area contributed by atoms with Crippen molar-refractivity contribution in [2.24, 2.45) is 0 Å². The standard InChI is InChI=1S/C19H19NO4S/c1-12-3-7-16(8-4-12)25(22,23)20-18-10-5-14-11-15(24-13(2)21)6-9-17(14)19(18)20/h3-4,6-9,11,18-19H,5,10H2,1-2H3/t18-,19+,20?/m0/s1. The minimum atomic E-state index is -3.49. The van der Waals surface area contributed by atoms with E-state index in [0.717, 1.165) is 29.5 Å². The molecule has 3 atom stereocenters. The fourth-order valence-corrected chi connectivity index (χ4v) is 5.47. The molecule has 0 amide bonds. The van der Waals surface area contributed by atoms with Crippen molar-refractivity contribution in [1.82, 2.24) is 4.31 Å². The van der Waals surface area contributed by atoms with Crippen LogP contribution in [0.25, 0.3) is 0 Å². The third kappa shape index (κ3) is 2.75. The summed E-state index contributed by atoms with van der Waals surface area (Å²) in [5.74, 6) is 0.155. The van der Waals surface area contributed by atoms with Crippen molar-refractivity contribution in [2.45, 2.75) is 43.7 Å². The van der Waals surface area contributed by atoms with Crippen molar-refractivity contribution >= 4 is 16.0 Å². The van der Waals surface area contributed by atoms with Crippen LogP contribution in [0, 0.1) is 6.92 Å². The van der Waals surface area contributed by atoms with Gasteiger partial charge >= 0.3 is 5.97 Å². The molecule has 0 saturated carbocycles. The molecule has 0 aromatic heterocycles. The van der Waals surface area contributed by atoms with Gasteiger partial charge in [0.05, 0.1) is 10.9 Å². The Morgan fingerprint density at radius 2 is 1.88 bits per heavy atom. The first-order valence-corrected chi connectivity index (χ1v) is 9.73. The number of fused-ring (bicyclic) bond motifs is 3. The number of nitrogens with zero attached hydrogens (tertiary/aromatic N) is 1. The molecule has 1 saturated heterocycles. The molecular formula is C19H19NO4S. The number of benzene rings is 2. The monoisotopic (exact) mass is 357 g/mol. The van der Waals surface area contributed by atoms with Crippen LogP contribution in [0.15, 0.2) is 47.4 Å². The van der Waals surface area contributed by atoms with Gasteiger partial charge in [-0.25, -0.2) is 8.42 Å². The summed E-state index contributed by atoms with van der Waals surface area (Å²) in [7, 11) is -3.49. The maximum absolute atomic E-state index is 13.0. The van der Waals surface area contributed by atoms with Crippen molar-refractivity contribution < 1.29 is 17.9 Å². The number of hydrogen-bond acceptors (Lipinski definition) is 4. The summed E-state index contributed by atoms with van der Waals surface area (Å²) >= 11 is 0. The zero-order valence-corrected chi connectivity index (χ0v) is 14.9. The zero-order valence-electron chi connectivity index (χ0n) is 14.1. The summed E-state index contributed by atoms with van der Waals surface area (Å²) in [6, 6.07) is 12.4. The lowest BCUT2D eigenvalue weighted by molar-refractivity contribution is -0.131. The number of carbonyl (C=O) groups excluding carboxylic acids is 1. The van der Waals surface area contributed by atoms with Crippen LogP contribution in [0.3, 0.4) is 0 Å². The molecule has 130 valence electrons. The smallest absolute Gasteiger partial charge is 0.308 e. The van der Waals surface area contributed by atoms with Crippen molar-refractivity contribution in [2.75, 3.05) is 0 Å². The largest absolute Gasteiger partial charge is 0.427 e. The van der Waals surface area contributed by atoms with Crippen molar-refractivity contribution in [3.8, 4) is 5.75 Å². The number of sulfonamides is 1. The van der Waals surface area contributed by atoms with Crippen LogP contribution in [-0.2, 0) is 21.2 Å². The number of esters is 1. The minimum Gasteiger partial charge on any atom is -0.427 e. The molecule has 2 aromatic carbocycles. The Bertz CT molecular complexity index is 950. The average molecular weight is 357 g/mol. The fraction of sp³-hybridized carbons (Fsp3) is 0.316. The Balaban J connectivity index is 1.64. The molecule has 1 aliphatic heterocycles. The van der Waals surface area contributed by atoms with E-state index in [0.29, 0.717) is 10.6 Å². The van der Waals surface area contributed by atoms with E-state index in [-0.39, 0.29) is 18.1 Å². The van der Waals surface area contributed by atoms with E-state index in [1.165, 1.54) is 6.92 Å². The Kier molecular flexibility index (Phi) is 3.70. The van der Waals surface area contributed by atoms with Gasteiger partial charge in [-0.15, -0.1) is 0 Å². The van der Waals surface area contributed by atoms with Crippen LogP contribution < -0.4 is 4.74 Å². The molecule has 0 spiro atoms. The SMILES string of the molecule is CC(=O)Oc1ccc2c(c1)CC[C@H]1[C@@H]2N1S(=O)(=O)c1ccc(C)cc1. The summed E-state index contributed by atoms with van der Waals surface area (Å²) < 4.78 is 32.6. The summed E-state index contributed by atoms with van der Waals surface area (Å²) in [5.41, 5.74) is 3.11. The second-order valence-corrected chi connectivity index (χ2v) is 8.50. The predicted octanol–water partition coefficient (Wildman–Crippen LogP) is 2.98. The second-order valence-electron chi connectivity index (χ2n) is 6.65. The van der Waals surface area contributed by atoms with Crippen LogP contribution in [0.4, 0.5) is 0 Å². The molecule has 0 bridgehead atoms. The van der Waals surface area contributed by atoms with E-state index in [1.807, 2.05) is 31.2 Å². The molecule has 6 heteroatoms. The molecular weight excluding hydrogens is 338 g/mol. The Morgan fingerprint density at radius 1 is 1.16 bits per heavy atom. The number of ether oxygens (including phenoxy) is 1. The number of aryl methyl sites for hydroxylation is 2. The lowest BCUT2D eigenvalue weighted by Gasteiger charge is -2.14. The number of carbonyl (C=O) groups is 1. The van der Waals surface area contributed by atoms with E-state index >= 15 is 0 Å². The molecule has 0 radical (unpaired) electrons. The highest BCUT2D eigenvalue weighted by molar-refractivity contribution is 7.89. The maximum Gasteiger partial charge on any atom is 0.308 e. The quantitative estimate of drug-likeness (QED) is 0.481. The fourth-order valence-electron chi connectivity index (χ4n) is 3.67. The van der Waals surface area contributed by atoms with Crippen LogP contribution in [0.1, 0.15) is 36.1 Å². The number of rotatable bonds is 3. The van der Waals surface area contributed by atoms with Crippen LogP contribution >= 0.6 is 0 Å². The van der Waals surface area contributed by atoms with Gasteiger partial charge in [-0.1, -0.05) is 23.8 Å². The molecule has 1 heterocycles. The van der Waals surface area contributed by atoms with Crippen molar-refractivity contribution in [3.05, 3.63) is 59.2 Å². The van der Waals surface area contributed by atoms with E-state index in [2.05, 4.69) is 0 Å². The third-order valence-electron chi connectivity index (χ3n) is 4.88. The van der Waals surface area contributed by atoms with Crippen LogP contribution in [-0.4, -0.2) is 24.7 Å². The van der Waals surface area contributed by atoms with Gasteiger partial charge in [0.1, 0.15) is 5.75 Å². The van der Waals surface area contributed by atoms with Crippen molar-refractivity contribution in [3.63, 3.8) is 0 Å². The van der Waals surface area contributed by atoms with Gasteiger partial charge in [0, 0.05) is 13.0 Å². The van der Waals surface area contributed by atoms with Gasteiger partial charge in [0.15, 0.2) is 0 Å². The molecule has 5 nitrogen and oxygen atoms in total. The van der Waals surface area contributed by atoms with E-state index in [9.17, 15) is 13.2 Å². The molecule has 4 rings (SSSR count). The van der Waals surface area contributed by atoms with Gasteiger partial charge in [0.25, 0.3) is 0 Å². The normalized spacial score (nSPS) is 24.2. The van der Waals surface area contributed by atoms with Gasteiger partial charge < -0.3 is 4.74 Å². The van der Waals surface area contributed by atoms with Gasteiger partial charge in [-0.2, -0.15) is 4.31 Å². The topological polar surface area (TPSA) is 63.5 Å². The van der Waals surface area contributed by atoms with E-state index in [1.54, 1.807) is 22.5 Å². The van der Waals surface area contributed by atoms with Crippen molar-refractivity contribution in [1.29, 1.82) is 0 Å². The first-order chi connectivity index (χ1) is 11.9. The molecule has 1 unspecified atom stereocenters. The summed E-state index contributed by atoms with van der Waals surface area (Å²) in [6.45, 7) is 3.30. The Morgan fingerprint density at radius 3 is 2.56 bits per heavy atom. The summed E-state index contributed by atoms with van der Waals surface area (Å²) in [4.78, 5) is 11.4. The second kappa shape index (κ2) is 5.68. The highest BCUT2D eigenvalue weighted by Gasteiger charge is 2.57. The lowest BCUT2D eigenvalue weighted by atomic mass is 9.92. The van der Waals surface area contributed by atoms with E-state index in [4.69, 9.17) is 4.74 Å². The molecule has 2 aromatic rings. The molecule has 2 aliphatic rings. The molecule has 1 aliphatic carbocycles. The third-order valence-corrected chi connectivity index (χ3v) is 6.80. The summed E-state index contributed by atoms with van der Waals surface area (Å²) in [6.07, 6.45) is 1.57. The molecule has 0 N–H and O–H groups in total. The minimum absolute atomic E-state index is 0.0263. The molecule has 25 heavy (non-hydrogen) atoms. The first-order valence-electron chi connectivity index (χ1n) is 8.29. The van der Waals surface area contributed by atoms with Crippen LogP contribution in [0.2, 0.25) is 0 Å². The molecule has 1 fully saturated rings. The predicted molar refractivity (Wildman–Crippen MR) is 92.8 cm³/mol. The van der Waals surface area contributed by atoms with Gasteiger partial charge in [-0.05, 0) is 55.2 Å². The van der Waals surface area contributed by atoms with Crippen LogP contribution in [0.5, 0.6) is 5.75 Å². The summed E-state index contributed by atoms with van der Waals surface area (Å²) in [5, 5.41) is 0.